The van der Waals surface area contributed by atoms with Crippen LogP contribution in [-0.4, -0.2) is 58.0 Å². The van der Waals surface area contributed by atoms with Crippen molar-refractivity contribution in [1.29, 1.82) is 0 Å². The third-order valence-electron chi connectivity index (χ3n) is 5.02. The summed E-state index contributed by atoms with van der Waals surface area (Å²) in [5.41, 5.74) is -2.36. The van der Waals surface area contributed by atoms with Gasteiger partial charge in [0.25, 0.3) is 0 Å². The average Bonchev–Trinajstić information content (AvgIpc) is 3.33. The molecule has 2 N–H and O–H groups in total. The lowest BCUT2D eigenvalue weighted by atomic mass is 9.97. The van der Waals surface area contributed by atoms with Crippen LogP contribution in [0.3, 0.4) is 0 Å². The van der Waals surface area contributed by atoms with E-state index in [1.807, 2.05) is 0 Å². The van der Waals surface area contributed by atoms with Gasteiger partial charge in [0.1, 0.15) is 0 Å². The molecule has 1 amide bonds. The predicted molar refractivity (Wildman–Crippen MR) is 109 cm³/mol. The number of nitrogens with one attached hydrogen (secondary N) is 1. The quantitative estimate of drug-likeness (QED) is 0.615. The number of carbonyl (C=O) groups excluding carboxylic acids is 1. The summed E-state index contributed by atoms with van der Waals surface area (Å²) in [6.45, 7) is 2.70. The zero-order chi connectivity index (χ0) is 22.2. The van der Waals surface area contributed by atoms with E-state index in [2.05, 4.69) is 20.2 Å². The standard InChI is InChI=1S/C19H20F3N5O3S/c1-26-5-4-23-16(26)18(29,19(20,21)22)11-15(28)24-12-2-3-13-14(10-12)31-17(25-13)27-6-8-30-9-7-27/h2-5,10,29H,6-9,11H2,1H3,(H,24,28). The number of fused-ring (bicyclic) bond motifs is 1. The first-order valence-corrected chi connectivity index (χ1v) is 10.3. The highest BCUT2D eigenvalue weighted by Crippen LogP contribution is 2.41. The van der Waals surface area contributed by atoms with Gasteiger partial charge in [0.15, 0.2) is 11.0 Å². The molecule has 0 bridgehead atoms. The lowest BCUT2D eigenvalue weighted by Gasteiger charge is -2.29. The lowest BCUT2D eigenvalue weighted by molar-refractivity contribution is -0.270. The molecule has 4 rings (SSSR count). The number of aromatic nitrogens is 3. The summed E-state index contributed by atoms with van der Waals surface area (Å²) >= 11 is 1.43. The molecule has 1 fully saturated rings. The van der Waals surface area contributed by atoms with Gasteiger partial charge in [-0.2, -0.15) is 13.2 Å². The zero-order valence-electron chi connectivity index (χ0n) is 16.5. The highest BCUT2D eigenvalue weighted by atomic mass is 32.1. The molecule has 1 unspecified atom stereocenters. The van der Waals surface area contributed by atoms with Crippen LogP contribution >= 0.6 is 11.3 Å². The fourth-order valence-corrected chi connectivity index (χ4v) is 4.44. The van der Waals surface area contributed by atoms with Crippen LogP contribution in [0.1, 0.15) is 12.2 Å². The van der Waals surface area contributed by atoms with Crippen molar-refractivity contribution in [2.75, 3.05) is 36.5 Å². The van der Waals surface area contributed by atoms with E-state index in [0.29, 0.717) is 18.9 Å². The predicted octanol–water partition coefficient (Wildman–Crippen LogP) is 2.65. The molecule has 0 saturated carbocycles. The molecule has 1 aromatic carbocycles. The number of halogens is 3. The van der Waals surface area contributed by atoms with E-state index in [0.717, 1.165) is 39.2 Å². The van der Waals surface area contributed by atoms with Crippen molar-refractivity contribution in [3.8, 4) is 0 Å². The largest absolute Gasteiger partial charge is 0.425 e. The van der Waals surface area contributed by atoms with Crippen LogP contribution in [0.5, 0.6) is 0 Å². The van der Waals surface area contributed by atoms with Crippen LogP contribution in [0, 0.1) is 0 Å². The Bertz CT molecular complexity index is 1090. The molecule has 3 aromatic rings. The van der Waals surface area contributed by atoms with Gasteiger partial charge < -0.3 is 24.6 Å². The summed E-state index contributed by atoms with van der Waals surface area (Å²) < 4.78 is 48.1. The second-order valence-electron chi connectivity index (χ2n) is 7.22. The minimum atomic E-state index is -5.09. The third kappa shape index (κ3) is 4.23. The number of morpholine rings is 1. The SMILES string of the molecule is Cn1ccnc1C(O)(CC(=O)Nc1ccc2nc(N3CCOCC3)sc2c1)C(F)(F)F. The molecule has 1 aliphatic rings. The first-order chi connectivity index (χ1) is 14.7. The molecule has 31 heavy (non-hydrogen) atoms. The summed E-state index contributed by atoms with van der Waals surface area (Å²) in [6.07, 6.45) is -3.90. The minimum Gasteiger partial charge on any atom is -0.378 e. The maximum atomic E-state index is 13.6. The van der Waals surface area contributed by atoms with E-state index in [4.69, 9.17) is 4.74 Å². The van der Waals surface area contributed by atoms with Crippen LogP contribution in [0.25, 0.3) is 10.2 Å². The second-order valence-corrected chi connectivity index (χ2v) is 8.23. The summed E-state index contributed by atoms with van der Waals surface area (Å²) in [5.74, 6) is -1.64. The molecule has 0 spiro atoms. The minimum absolute atomic E-state index is 0.319. The first-order valence-electron chi connectivity index (χ1n) is 9.47. The smallest absolute Gasteiger partial charge is 0.378 e. The fourth-order valence-electron chi connectivity index (χ4n) is 3.39. The molecule has 1 saturated heterocycles. The van der Waals surface area contributed by atoms with Gasteiger partial charge in [0, 0.05) is 38.2 Å². The maximum absolute atomic E-state index is 13.6. The Hall–Kier alpha value is -2.70. The molecule has 12 heteroatoms. The number of anilines is 2. The Kier molecular flexibility index (Phi) is 5.62. The van der Waals surface area contributed by atoms with Gasteiger partial charge in [0.05, 0.1) is 29.9 Å². The maximum Gasteiger partial charge on any atom is 0.425 e. The van der Waals surface area contributed by atoms with Crippen molar-refractivity contribution in [3.63, 3.8) is 0 Å². The number of nitrogens with zero attached hydrogens (tertiary/aromatic N) is 4. The molecule has 1 atom stereocenters. The summed E-state index contributed by atoms with van der Waals surface area (Å²) in [6, 6.07) is 4.92. The number of aliphatic hydroxyl groups is 1. The molecule has 0 aliphatic carbocycles. The Morgan fingerprint density at radius 3 is 2.71 bits per heavy atom. The molecule has 2 aromatic heterocycles. The Morgan fingerprint density at radius 1 is 1.32 bits per heavy atom. The van der Waals surface area contributed by atoms with Crippen LogP contribution in [-0.2, 0) is 22.2 Å². The van der Waals surface area contributed by atoms with Gasteiger partial charge in [-0.15, -0.1) is 0 Å². The number of carbonyl (C=O) groups is 1. The lowest BCUT2D eigenvalue weighted by Crippen LogP contribution is -2.46. The van der Waals surface area contributed by atoms with E-state index in [1.165, 1.54) is 24.6 Å². The summed E-state index contributed by atoms with van der Waals surface area (Å²) in [7, 11) is 1.32. The number of ether oxygens (including phenoxy) is 1. The number of hydrogen-bond donors (Lipinski definition) is 2. The van der Waals surface area contributed by atoms with Crippen LogP contribution in [0.4, 0.5) is 24.0 Å². The average molecular weight is 455 g/mol. The van der Waals surface area contributed by atoms with E-state index >= 15 is 0 Å². The first kappa shape index (κ1) is 21.5. The number of aryl methyl sites for hydroxylation is 1. The van der Waals surface area contributed by atoms with Crippen molar-refractivity contribution in [1.82, 2.24) is 14.5 Å². The van der Waals surface area contributed by atoms with Gasteiger partial charge in [-0.1, -0.05) is 11.3 Å². The molecule has 166 valence electrons. The topological polar surface area (TPSA) is 92.5 Å². The zero-order valence-corrected chi connectivity index (χ0v) is 17.3. The molecular formula is C19H20F3N5O3S. The monoisotopic (exact) mass is 455 g/mol. The fraction of sp³-hybridized carbons (Fsp3) is 0.421. The van der Waals surface area contributed by atoms with Crippen molar-refractivity contribution >= 4 is 38.3 Å². The van der Waals surface area contributed by atoms with Crippen LogP contribution in [0.2, 0.25) is 0 Å². The number of thiazole rings is 1. The van der Waals surface area contributed by atoms with Crippen molar-refractivity contribution in [2.45, 2.75) is 18.2 Å². The van der Waals surface area contributed by atoms with Gasteiger partial charge in [-0.3, -0.25) is 4.79 Å². The Labute approximate surface area is 179 Å². The van der Waals surface area contributed by atoms with Crippen molar-refractivity contribution in [2.24, 2.45) is 7.05 Å². The number of imidazole rings is 1. The van der Waals surface area contributed by atoms with Gasteiger partial charge in [-0.05, 0) is 18.2 Å². The van der Waals surface area contributed by atoms with E-state index in [9.17, 15) is 23.1 Å². The Balaban J connectivity index is 1.52. The van der Waals surface area contributed by atoms with E-state index < -0.39 is 29.9 Å². The number of hydrogen-bond acceptors (Lipinski definition) is 7. The number of alkyl halides is 3. The number of rotatable bonds is 5. The summed E-state index contributed by atoms with van der Waals surface area (Å²) in [5, 5.41) is 13.6. The highest BCUT2D eigenvalue weighted by Gasteiger charge is 2.58. The molecular weight excluding hydrogens is 435 g/mol. The van der Waals surface area contributed by atoms with Crippen molar-refractivity contribution < 1.29 is 27.8 Å². The van der Waals surface area contributed by atoms with Gasteiger partial charge in [0.2, 0.25) is 11.5 Å². The van der Waals surface area contributed by atoms with Crippen LogP contribution in [0.15, 0.2) is 30.6 Å². The molecule has 0 radical (unpaired) electrons. The van der Waals surface area contributed by atoms with Gasteiger partial charge in [-0.25, -0.2) is 9.97 Å². The summed E-state index contributed by atoms with van der Waals surface area (Å²) in [4.78, 5) is 22.7. The van der Waals surface area contributed by atoms with E-state index in [-0.39, 0.29) is 0 Å². The third-order valence-corrected chi connectivity index (χ3v) is 6.10. The van der Waals surface area contributed by atoms with E-state index in [1.54, 1.807) is 18.2 Å². The second kappa shape index (κ2) is 8.09. The Morgan fingerprint density at radius 2 is 2.06 bits per heavy atom. The van der Waals surface area contributed by atoms with Crippen molar-refractivity contribution in [3.05, 3.63) is 36.4 Å². The number of amides is 1. The number of benzene rings is 1. The van der Waals surface area contributed by atoms with Crippen LogP contribution < -0.4 is 10.2 Å². The molecule has 8 nitrogen and oxygen atoms in total. The molecule has 3 heterocycles. The molecule has 1 aliphatic heterocycles. The highest BCUT2D eigenvalue weighted by molar-refractivity contribution is 7.22. The van der Waals surface area contributed by atoms with Gasteiger partial charge >= 0.3 is 6.18 Å². The normalized spacial score (nSPS) is 17.0.